The summed E-state index contributed by atoms with van der Waals surface area (Å²) >= 11 is 12.1. The van der Waals surface area contributed by atoms with Gasteiger partial charge in [0, 0.05) is 15.4 Å². The van der Waals surface area contributed by atoms with Gasteiger partial charge >= 0.3 is 0 Å². The molecule has 3 heteroatoms. The Balaban J connectivity index is 2.52. The molecule has 0 aliphatic rings. The quantitative estimate of drug-likeness (QED) is 0.548. The van der Waals surface area contributed by atoms with Gasteiger partial charge in [-0.2, -0.15) is 0 Å². The molecule has 3 rings (SSSR count). The molecule has 0 heterocycles. The number of benzene rings is 3. The molecular formula is C15H10Cl2O. The van der Waals surface area contributed by atoms with Crippen LogP contribution in [0, 0.1) is 0 Å². The summed E-state index contributed by atoms with van der Waals surface area (Å²) in [6, 6.07) is 13.7. The van der Waals surface area contributed by atoms with E-state index in [1.165, 1.54) is 0 Å². The molecule has 18 heavy (non-hydrogen) atoms. The van der Waals surface area contributed by atoms with Crippen LogP contribution in [0.1, 0.15) is 0 Å². The first-order chi connectivity index (χ1) is 8.69. The van der Waals surface area contributed by atoms with Gasteiger partial charge in [-0.05, 0) is 46.5 Å². The highest BCUT2D eigenvalue weighted by molar-refractivity contribution is 6.32. The van der Waals surface area contributed by atoms with Crippen molar-refractivity contribution in [3.05, 3.63) is 52.5 Å². The van der Waals surface area contributed by atoms with Crippen molar-refractivity contribution < 1.29 is 4.74 Å². The van der Waals surface area contributed by atoms with Crippen LogP contribution in [0.3, 0.4) is 0 Å². The zero-order valence-electron chi connectivity index (χ0n) is 9.71. The maximum atomic E-state index is 6.05. The predicted octanol–water partition coefficient (Wildman–Crippen LogP) is 5.31. The molecule has 0 aliphatic heterocycles. The van der Waals surface area contributed by atoms with E-state index in [2.05, 4.69) is 0 Å². The van der Waals surface area contributed by atoms with Crippen molar-refractivity contribution in [1.82, 2.24) is 0 Å². The topological polar surface area (TPSA) is 9.23 Å². The van der Waals surface area contributed by atoms with E-state index < -0.39 is 0 Å². The molecule has 90 valence electrons. The lowest BCUT2D eigenvalue weighted by Crippen LogP contribution is -1.87. The molecule has 0 saturated heterocycles. The second-order valence-electron chi connectivity index (χ2n) is 4.13. The standard InChI is InChI=1S/C15H10Cl2O/c1-18-15-7-9-6-10(16)2-4-12(9)13-5-3-11(17)8-14(13)15/h2-8H,1H3. The Labute approximate surface area is 115 Å². The van der Waals surface area contributed by atoms with Crippen molar-refractivity contribution >= 4 is 44.7 Å². The van der Waals surface area contributed by atoms with Crippen LogP contribution in [0.25, 0.3) is 21.5 Å². The van der Waals surface area contributed by atoms with Crippen LogP contribution in [0.4, 0.5) is 0 Å². The first kappa shape index (κ1) is 11.6. The van der Waals surface area contributed by atoms with Crippen LogP contribution < -0.4 is 4.74 Å². The van der Waals surface area contributed by atoms with Gasteiger partial charge in [-0.25, -0.2) is 0 Å². The van der Waals surface area contributed by atoms with Crippen LogP contribution >= 0.6 is 23.2 Å². The van der Waals surface area contributed by atoms with Crippen molar-refractivity contribution in [3.8, 4) is 5.75 Å². The summed E-state index contributed by atoms with van der Waals surface area (Å²) in [5, 5.41) is 5.76. The molecule has 3 aromatic rings. The first-order valence-corrected chi connectivity index (χ1v) is 6.30. The van der Waals surface area contributed by atoms with E-state index in [9.17, 15) is 0 Å². The number of rotatable bonds is 1. The highest BCUT2D eigenvalue weighted by atomic mass is 35.5. The van der Waals surface area contributed by atoms with E-state index in [4.69, 9.17) is 27.9 Å². The van der Waals surface area contributed by atoms with E-state index in [-0.39, 0.29) is 0 Å². The zero-order valence-corrected chi connectivity index (χ0v) is 11.2. The monoisotopic (exact) mass is 276 g/mol. The Morgan fingerprint density at radius 2 is 1.44 bits per heavy atom. The second-order valence-corrected chi connectivity index (χ2v) is 5.01. The maximum Gasteiger partial charge on any atom is 0.127 e. The van der Waals surface area contributed by atoms with Crippen LogP contribution in [0.5, 0.6) is 5.75 Å². The number of hydrogen-bond acceptors (Lipinski definition) is 1. The van der Waals surface area contributed by atoms with E-state index in [1.54, 1.807) is 7.11 Å². The summed E-state index contributed by atoms with van der Waals surface area (Å²) < 4.78 is 5.43. The average molecular weight is 277 g/mol. The van der Waals surface area contributed by atoms with Gasteiger partial charge in [-0.1, -0.05) is 35.3 Å². The van der Waals surface area contributed by atoms with Crippen molar-refractivity contribution in [2.75, 3.05) is 7.11 Å². The SMILES string of the molecule is COc1cc2cc(Cl)ccc2c2ccc(Cl)cc12. The van der Waals surface area contributed by atoms with E-state index >= 15 is 0 Å². The number of fused-ring (bicyclic) bond motifs is 3. The Kier molecular flexibility index (Phi) is 2.81. The van der Waals surface area contributed by atoms with Crippen molar-refractivity contribution in [1.29, 1.82) is 0 Å². The Bertz CT molecular complexity index is 750. The van der Waals surface area contributed by atoms with Gasteiger partial charge in [0.25, 0.3) is 0 Å². The van der Waals surface area contributed by atoms with Gasteiger partial charge < -0.3 is 4.74 Å². The summed E-state index contributed by atoms with van der Waals surface area (Å²) in [6.45, 7) is 0. The molecule has 0 unspecified atom stereocenters. The molecule has 0 N–H and O–H groups in total. The van der Waals surface area contributed by atoms with Gasteiger partial charge in [0.2, 0.25) is 0 Å². The summed E-state index contributed by atoms with van der Waals surface area (Å²) in [6.07, 6.45) is 0. The smallest absolute Gasteiger partial charge is 0.127 e. The predicted molar refractivity (Wildman–Crippen MR) is 78.0 cm³/mol. The van der Waals surface area contributed by atoms with Gasteiger partial charge in [-0.3, -0.25) is 0 Å². The van der Waals surface area contributed by atoms with Crippen LogP contribution in [0.15, 0.2) is 42.5 Å². The fraction of sp³-hybridized carbons (Fsp3) is 0.0667. The molecule has 0 bridgehead atoms. The number of methoxy groups -OCH3 is 1. The van der Waals surface area contributed by atoms with E-state index in [1.807, 2.05) is 42.5 Å². The molecule has 0 radical (unpaired) electrons. The van der Waals surface area contributed by atoms with Crippen LogP contribution in [-0.4, -0.2) is 7.11 Å². The summed E-state index contributed by atoms with van der Waals surface area (Å²) in [4.78, 5) is 0. The van der Waals surface area contributed by atoms with E-state index in [0.29, 0.717) is 5.02 Å². The van der Waals surface area contributed by atoms with Crippen molar-refractivity contribution in [2.24, 2.45) is 0 Å². The lowest BCUT2D eigenvalue weighted by Gasteiger charge is -2.10. The minimum absolute atomic E-state index is 0.703. The molecule has 3 aromatic carbocycles. The molecule has 0 spiro atoms. The van der Waals surface area contributed by atoms with Crippen molar-refractivity contribution in [3.63, 3.8) is 0 Å². The van der Waals surface area contributed by atoms with Crippen molar-refractivity contribution in [2.45, 2.75) is 0 Å². The van der Waals surface area contributed by atoms with Crippen LogP contribution in [-0.2, 0) is 0 Å². The third-order valence-electron chi connectivity index (χ3n) is 3.06. The Morgan fingerprint density at radius 3 is 2.17 bits per heavy atom. The third kappa shape index (κ3) is 1.80. The normalized spacial score (nSPS) is 11.1. The molecule has 1 nitrogen and oxygen atoms in total. The number of halogens is 2. The minimum atomic E-state index is 0.703. The lowest BCUT2D eigenvalue weighted by atomic mass is 10.0. The summed E-state index contributed by atoms with van der Waals surface area (Å²) in [5.74, 6) is 0.808. The summed E-state index contributed by atoms with van der Waals surface area (Å²) in [5.41, 5.74) is 0. The fourth-order valence-electron chi connectivity index (χ4n) is 2.24. The Hall–Kier alpha value is -1.44. The van der Waals surface area contributed by atoms with Crippen LogP contribution in [0.2, 0.25) is 10.0 Å². The Morgan fingerprint density at radius 1 is 0.778 bits per heavy atom. The highest BCUT2D eigenvalue weighted by Gasteiger charge is 2.08. The summed E-state index contributed by atoms with van der Waals surface area (Å²) in [7, 11) is 1.66. The number of ether oxygens (including phenoxy) is 1. The van der Waals surface area contributed by atoms with Gasteiger partial charge in [0.1, 0.15) is 5.75 Å². The molecule has 0 aromatic heterocycles. The molecule has 0 aliphatic carbocycles. The van der Waals surface area contributed by atoms with Gasteiger partial charge in [0.05, 0.1) is 7.11 Å². The molecule has 0 saturated carbocycles. The first-order valence-electron chi connectivity index (χ1n) is 5.54. The second kappa shape index (κ2) is 4.34. The van der Waals surface area contributed by atoms with E-state index in [0.717, 1.165) is 32.3 Å². The average Bonchev–Trinajstić information content (AvgIpc) is 2.37. The highest BCUT2D eigenvalue weighted by Crippen LogP contribution is 2.35. The maximum absolute atomic E-state index is 6.05. The molecule has 0 fully saturated rings. The molecular weight excluding hydrogens is 267 g/mol. The number of hydrogen-bond donors (Lipinski definition) is 0. The van der Waals surface area contributed by atoms with Gasteiger partial charge in [0.15, 0.2) is 0 Å². The largest absolute Gasteiger partial charge is 0.496 e. The fourth-order valence-corrected chi connectivity index (χ4v) is 2.59. The molecule has 0 atom stereocenters. The lowest BCUT2D eigenvalue weighted by molar-refractivity contribution is 0.420. The zero-order chi connectivity index (χ0) is 12.7. The van der Waals surface area contributed by atoms with Gasteiger partial charge in [-0.15, -0.1) is 0 Å². The minimum Gasteiger partial charge on any atom is -0.496 e. The molecule has 0 amide bonds. The third-order valence-corrected chi connectivity index (χ3v) is 3.53.